The molecule has 7 heteroatoms. The summed E-state index contributed by atoms with van der Waals surface area (Å²) >= 11 is 0. The van der Waals surface area contributed by atoms with Crippen LogP contribution in [0.2, 0.25) is 0 Å². The van der Waals surface area contributed by atoms with Crippen LogP contribution in [0.15, 0.2) is 24.4 Å². The number of nitrogens with zero attached hydrogens (tertiary/aromatic N) is 4. The van der Waals surface area contributed by atoms with Gasteiger partial charge >= 0.3 is 6.03 Å². The van der Waals surface area contributed by atoms with Crippen LogP contribution < -0.4 is 10.2 Å². The average Bonchev–Trinajstić information content (AvgIpc) is 3.03. The Morgan fingerprint density at radius 3 is 2.63 bits per heavy atom. The SMILES string of the molecule is CN(C)C(=O)[C@]12CCCN(C(=O)NC3CCCCC3)C[C@H]1CN(c1ccccn1)C2. The minimum Gasteiger partial charge on any atom is -0.355 e. The van der Waals surface area contributed by atoms with Crippen LogP contribution in [-0.2, 0) is 4.79 Å². The molecule has 1 aliphatic carbocycles. The molecule has 1 N–H and O–H groups in total. The van der Waals surface area contributed by atoms with Gasteiger partial charge in [-0.1, -0.05) is 25.3 Å². The van der Waals surface area contributed by atoms with Crippen LogP contribution in [0.1, 0.15) is 44.9 Å². The first-order valence-electron chi connectivity index (χ1n) is 11.4. The lowest BCUT2D eigenvalue weighted by atomic mass is 9.74. The Labute approximate surface area is 179 Å². The number of fused-ring (bicyclic) bond motifs is 1. The summed E-state index contributed by atoms with van der Waals surface area (Å²) in [6.07, 6.45) is 9.30. The van der Waals surface area contributed by atoms with Crippen molar-refractivity contribution in [1.82, 2.24) is 20.1 Å². The molecule has 3 fully saturated rings. The quantitative estimate of drug-likeness (QED) is 0.827. The third-order valence-electron chi connectivity index (χ3n) is 7.21. The van der Waals surface area contributed by atoms with E-state index in [1.54, 1.807) is 11.1 Å². The Morgan fingerprint density at radius 2 is 1.93 bits per heavy atom. The predicted octanol–water partition coefficient (Wildman–Crippen LogP) is 2.73. The summed E-state index contributed by atoms with van der Waals surface area (Å²) in [5.74, 6) is 1.20. The average molecular weight is 414 g/mol. The van der Waals surface area contributed by atoms with Gasteiger partial charge in [-0.3, -0.25) is 4.79 Å². The minimum atomic E-state index is -0.457. The van der Waals surface area contributed by atoms with Crippen molar-refractivity contribution in [3.8, 4) is 0 Å². The highest BCUT2D eigenvalue weighted by atomic mass is 16.2. The van der Waals surface area contributed by atoms with Crippen LogP contribution in [0.5, 0.6) is 0 Å². The molecule has 0 spiro atoms. The lowest BCUT2D eigenvalue weighted by Crippen LogP contribution is -2.50. The van der Waals surface area contributed by atoms with E-state index in [0.717, 1.165) is 44.6 Å². The Morgan fingerprint density at radius 1 is 1.13 bits per heavy atom. The molecule has 0 radical (unpaired) electrons. The van der Waals surface area contributed by atoms with Crippen molar-refractivity contribution in [2.24, 2.45) is 11.3 Å². The van der Waals surface area contributed by atoms with Gasteiger partial charge in [-0.2, -0.15) is 0 Å². The standard InChI is InChI=1S/C23H35N5O2/c1-26(2)21(29)23-12-8-14-27(22(30)25-19-9-4-3-5-10-19)15-18(23)16-28(17-23)20-11-6-7-13-24-20/h6-7,11,13,18-19H,3-5,8-10,12,14-17H2,1-2H3,(H,25,30)/t18-,23-/m0/s1. The molecule has 0 bridgehead atoms. The highest BCUT2D eigenvalue weighted by Gasteiger charge is 2.54. The first-order chi connectivity index (χ1) is 14.5. The summed E-state index contributed by atoms with van der Waals surface area (Å²) in [6.45, 7) is 2.77. The third-order valence-corrected chi connectivity index (χ3v) is 7.21. The summed E-state index contributed by atoms with van der Waals surface area (Å²) in [5.41, 5.74) is -0.457. The lowest BCUT2D eigenvalue weighted by molar-refractivity contribution is -0.141. The summed E-state index contributed by atoms with van der Waals surface area (Å²) in [4.78, 5) is 36.9. The summed E-state index contributed by atoms with van der Waals surface area (Å²) in [7, 11) is 3.69. The zero-order chi connectivity index (χ0) is 21.1. The van der Waals surface area contributed by atoms with Gasteiger partial charge in [0.2, 0.25) is 5.91 Å². The molecule has 7 nitrogen and oxygen atoms in total. The van der Waals surface area contributed by atoms with Gasteiger partial charge in [0.05, 0.1) is 5.41 Å². The summed E-state index contributed by atoms with van der Waals surface area (Å²) in [5, 5.41) is 3.27. The molecular weight excluding hydrogens is 378 g/mol. The summed E-state index contributed by atoms with van der Waals surface area (Å²) < 4.78 is 0. The molecule has 30 heavy (non-hydrogen) atoms. The van der Waals surface area contributed by atoms with Crippen molar-refractivity contribution < 1.29 is 9.59 Å². The number of hydrogen-bond acceptors (Lipinski definition) is 4. The van der Waals surface area contributed by atoms with E-state index in [0.29, 0.717) is 19.1 Å². The van der Waals surface area contributed by atoms with E-state index in [2.05, 4.69) is 15.2 Å². The van der Waals surface area contributed by atoms with Gasteiger partial charge in [0.1, 0.15) is 5.82 Å². The van der Waals surface area contributed by atoms with E-state index in [4.69, 9.17) is 0 Å². The van der Waals surface area contributed by atoms with Gasteiger partial charge in [-0.05, 0) is 37.8 Å². The van der Waals surface area contributed by atoms with E-state index in [-0.39, 0.29) is 17.9 Å². The normalized spacial score (nSPS) is 27.3. The molecule has 1 saturated carbocycles. The number of rotatable bonds is 3. The van der Waals surface area contributed by atoms with Crippen molar-refractivity contribution in [3.05, 3.63) is 24.4 Å². The van der Waals surface area contributed by atoms with E-state index >= 15 is 0 Å². The number of pyridine rings is 1. The number of carbonyl (C=O) groups is 2. The molecule has 2 atom stereocenters. The van der Waals surface area contributed by atoms with Crippen LogP contribution in [-0.4, -0.2) is 73.0 Å². The Bertz CT molecular complexity index is 749. The topological polar surface area (TPSA) is 68.8 Å². The first-order valence-corrected chi connectivity index (χ1v) is 11.4. The van der Waals surface area contributed by atoms with Crippen molar-refractivity contribution in [1.29, 1.82) is 0 Å². The Kier molecular flexibility index (Phi) is 6.16. The lowest BCUT2D eigenvalue weighted by Gasteiger charge is -2.35. The van der Waals surface area contributed by atoms with Gasteiger partial charge in [-0.25, -0.2) is 9.78 Å². The van der Waals surface area contributed by atoms with Gasteiger partial charge in [0.25, 0.3) is 0 Å². The largest absolute Gasteiger partial charge is 0.355 e. The predicted molar refractivity (Wildman–Crippen MR) is 117 cm³/mol. The van der Waals surface area contributed by atoms with E-state index in [1.807, 2.05) is 37.2 Å². The molecule has 164 valence electrons. The monoisotopic (exact) mass is 413 g/mol. The number of aromatic nitrogens is 1. The van der Waals surface area contributed by atoms with Gasteiger partial charge in [0, 0.05) is 58.4 Å². The molecule has 4 rings (SSSR count). The zero-order valence-corrected chi connectivity index (χ0v) is 18.3. The second-order valence-corrected chi connectivity index (χ2v) is 9.46. The summed E-state index contributed by atoms with van der Waals surface area (Å²) in [6, 6.07) is 6.26. The number of urea groups is 1. The number of carbonyl (C=O) groups excluding carboxylic acids is 2. The molecule has 3 amide bonds. The number of amides is 3. The van der Waals surface area contributed by atoms with Crippen molar-refractivity contribution in [3.63, 3.8) is 0 Å². The highest BCUT2D eigenvalue weighted by Crippen LogP contribution is 2.45. The van der Waals surface area contributed by atoms with E-state index in [1.165, 1.54) is 19.3 Å². The van der Waals surface area contributed by atoms with E-state index in [9.17, 15) is 9.59 Å². The molecular formula is C23H35N5O2. The Balaban J connectivity index is 1.53. The van der Waals surface area contributed by atoms with Crippen LogP contribution in [0.4, 0.5) is 10.6 Å². The molecule has 1 aromatic heterocycles. The second-order valence-electron chi connectivity index (χ2n) is 9.46. The van der Waals surface area contributed by atoms with Crippen molar-refractivity contribution in [2.45, 2.75) is 51.0 Å². The number of hydrogen-bond donors (Lipinski definition) is 1. The van der Waals surface area contributed by atoms with Crippen molar-refractivity contribution in [2.75, 3.05) is 45.2 Å². The fraction of sp³-hybridized carbons (Fsp3) is 0.696. The van der Waals surface area contributed by atoms with Crippen LogP contribution >= 0.6 is 0 Å². The van der Waals surface area contributed by atoms with Crippen molar-refractivity contribution >= 4 is 17.8 Å². The zero-order valence-electron chi connectivity index (χ0n) is 18.3. The maximum Gasteiger partial charge on any atom is 0.317 e. The second kappa shape index (κ2) is 8.82. The third kappa shape index (κ3) is 4.12. The van der Waals surface area contributed by atoms with Gasteiger partial charge in [-0.15, -0.1) is 0 Å². The van der Waals surface area contributed by atoms with Crippen LogP contribution in [0, 0.1) is 11.3 Å². The maximum atomic E-state index is 13.4. The molecule has 2 saturated heterocycles. The van der Waals surface area contributed by atoms with Gasteiger partial charge in [0.15, 0.2) is 0 Å². The molecule has 3 aliphatic rings. The Hall–Kier alpha value is -2.31. The fourth-order valence-corrected chi connectivity index (χ4v) is 5.64. The van der Waals surface area contributed by atoms with E-state index < -0.39 is 5.41 Å². The molecule has 1 aromatic rings. The van der Waals surface area contributed by atoms with Gasteiger partial charge < -0.3 is 20.0 Å². The maximum absolute atomic E-state index is 13.4. The molecule has 0 aromatic carbocycles. The molecule has 0 unspecified atom stereocenters. The molecule has 3 heterocycles. The number of anilines is 1. The number of nitrogens with one attached hydrogen (secondary N) is 1. The van der Waals surface area contributed by atoms with Crippen LogP contribution in [0.3, 0.4) is 0 Å². The minimum absolute atomic E-state index is 0.0475. The highest BCUT2D eigenvalue weighted by molar-refractivity contribution is 5.85. The first kappa shape index (κ1) is 20.9. The fourth-order valence-electron chi connectivity index (χ4n) is 5.64. The molecule has 2 aliphatic heterocycles. The van der Waals surface area contributed by atoms with Crippen LogP contribution in [0.25, 0.3) is 0 Å². The smallest absolute Gasteiger partial charge is 0.317 e. The number of likely N-dealkylation sites (tertiary alicyclic amines) is 1.